The van der Waals surface area contributed by atoms with Gasteiger partial charge in [-0.15, -0.1) is 0 Å². The van der Waals surface area contributed by atoms with Gasteiger partial charge >= 0.3 is 0 Å². The van der Waals surface area contributed by atoms with E-state index in [-0.39, 0.29) is 6.61 Å². The second kappa shape index (κ2) is 5.82. The molecule has 0 unspecified atom stereocenters. The number of hydrogen-bond acceptors (Lipinski definition) is 3. The van der Waals surface area contributed by atoms with Gasteiger partial charge in [-0.1, -0.05) is 15.9 Å². The number of rotatable bonds is 3. The summed E-state index contributed by atoms with van der Waals surface area (Å²) in [7, 11) is 0. The van der Waals surface area contributed by atoms with Crippen molar-refractivity contribution in [3.63, 3.8) is 0 Å². The van der Waals surface area contributed by atoms with E-state index in [9.17, 15) is 0 Å². The van der Waals surface area contributed by atoms with Gasteiger partial charge in [0.15, 0.2) is 0 Å². The zero-order valence-electron chi connectivity index (χ0n) is 9.65. The average molecular weight is 373 g/mol. The van der Waals surface area contributed by atoms with Crippen LogP contribution in [-0.2, 0) is 6.61 Å². The predicted octanol–water partition coefficient (Wildman–Crippen LogP) is 4.20. The van der Waals surface area contributed by atoms with Crippen molar-refractivity contribution in [3.8, 4) is 11.6 Å². The first kappa shape index (κ1) is 13.5. The predicted molar refractivity (Wildman–Crippen MR) is 76.8 cm³/mol. The molecule has 18 heavy (non-hydrogen) atoms. The van der Waals surface area contributed by atoms with Gasteiger partial charge in [0.05, 0.1) is 11.1 Å². The fraction of sp³-hybridized carbons (Fsp3) is 0.154. The van der Waals surface area contributed by atoms with Gasteiger partial charge in [0.25, 0.3) is 0 Å². The monoisotopic (exact) mass is 371 g/mol. The van der Waals surface area contributed by atoms with Gasteiger partial charge in [0.1, 0.15) is 5.75 Å². The highest BCUT2D eigenvalue weighted by atomic mass is 79.9. The second-order valence-corrected chi connectivity index (χ2v) is 5.50. The van der Waals surface area contributed by atoms with Crippen LogP contribution >= 0.6 is 31.9 Å². The van der Waals surface area contributed by atoms with Crippen molar-refractivity contribution < 1.29 is 9.84 Å². The van der Waals surface area contributed by atoms with Gasteiger partial charge in [0.2, 0.25) is 5.88 Å². The summed E-state index contributed by atoms with van der Waals surface area (Å²) >= 11 is 6.81. The molecule has 2 rings (SSSR count). The number of aliphatic hydroxyl groups is 1. The molecule has 0 aliphatic carbocycles. The van der Waals surface area contributed by atoms with Crippen LogP contribution in [0, 0.1) is 6.92 Å². The maximum Gasteiger partial charge on any atom is 0.219 e. The molecular weight excluding hydrogens is 362 g/mol. The van der Waals surface area contributed by atoms with Crippen LogP contribution in [0.25, 0.3) is 0 Å². The Morgan fingerprint density at radius 2 is 2.00 bits per heavy atom. The SMILES string of the molecule is Cc1nc(Oc2ccc(Br)cc2Br)ccc1CO. The van der Waals surface area contributed by atoms with Crippen molar-refractivity contribution in [3.05, 3.63) is 50.5 Å². The molecule has 0 saturated carbocycles. The molecule has 1 heterocycles. The third kappa shape index (κ3) is 3.10. The van der Waals surface area contributed by atoms with Crippen LogP contribution in [0.1, 0.15) is 11.3 Å². The smallest absolute Gasteiger partial charge is 0.219 e. The van der Waals surface area contributed by atoms with E-state index in [0.717, 1.165) is 20.2 Å². The van der Waals surface area contributed by atoms with Crippen molar-refractivity contribution in [2.24, 2.45) is 0 Å². The standard InChI is InChI=1S/C13H11Br2NO2/c1-8-9(7-17)2-5-13(16-8)18-12-4-3-10(14)6-11(12)15/h2-6,17H,7H2,1H3. The third-order valence-corrected chi connectivity index (χ3v) is 3.56. The average Bonchev–Trinajstić information content (AvgIpc) is 2.33. The first-order chi connectivity index (χ1) is 8.60. The molecule has 0 aliphatic heterocycles. The molecule has 3 nitrogen and oxygen atoms in total. The van der Waals surface area contributed by atoms with Crippen molar-refractivity contribution >= 4 is 31.9 Å². The number of nitrogens with zero attached hydrogens (tertiary/aromatic N) is 1. The molecule has 0 saturated heterocycles. The van der Waals surface area contributed by atoms with Gasteiger partial charge in [-0.3, -0.25) is 0 Å². The van der Waals surface area contributed by atoms with Crippen molar-refractivity contribution in [1.29, 1.82) is 0 Å². The quantitative estimate of drug-likeness (QED) is 0.877. The van der Waals surface area contributed by atoms with Gasteiger partial charge in [-0.25, -0.2) is 4.98 Å². The summed E-state index contributed by atoms with van der Waals surface area (Å²) in [6.45, 7) is 1.83. The molecule has 0 bridgehead atoms. The molecule has 1 aromatic heterocycles. The summed E-state index contributed by atoms with van der Waals surface area (Å²) in [6, 6.07) is 9.21. The molecule has 2 aromatic rings. The van der Waals surface area contributed by atoms with E-state index < -0.39 is 0 Å². The largest absolute Gasteiger partial charge is 0.438 e. The molecule has 5 heteroatoms. The van der Waals surface area contributed by atoms with Crippen LogP contribution in [0.5, 0.6) is 11.6 Å². The van der Waals surface area contributed by atoms with E-state index in [1.54, 1.807) is 6.07 Å². The first-order valence-corrected chi connectivity index (χ1v) is 6.89. The molecule has 0 atom stereocenters. The Labute approximate surface area is 122 Å². The summed E-state index contributed by atoms with van der Waals surface area (Å²) in [5, 5.41) is 9.08. The van der Waals surface area contributed by atoms with Crippen LogP contribution in [0.15, 0.2) is 39.3 Å². The highest BCUT2D eigenvalue weighted by molar-refractivity contribution is 9.11. The highest BCUT2D eigenvalue weighted by Crippen LogP contribution is 2.31. The summed E-state index contributed by atoms with van der Waals surface area (Å²) in [5.41, 5.74) is 1.57. The van der Waals surface area contributed by atoms with Crippen LogP contribution < -0.4 is 4.74 Å². The molecule has 0 fully saturated rings. The Bertz CT molecular complexity index is 573. The number of hydrogen-bond donors (Lipinski definition) is 1. The minimum atomic E-state index is -0.0128. The van der Waals surface area contributed by atoms with Crippen LogP contribution in [0.2, 0.25) is 0 Å². The normalized spacial score (nSPS) is 10.4. The zero-order chi connectivity index (χ0) is 13.1. The Kier molecular flexibility index (Phi) is 4.37. The van der Waals surface area contributed by atoms with Crippen molar-refractivity contribution in [2.45, 2.75) is 13.5 Å². The lowest BCUT2D eigenvalue weighted by Gasteiger charge is -2.09. The molecule has 0 aliphatic rings. The number of aryl methyl sites for hydroxylation is 1. The summed E-state index contributed by atoms with van der Waals surface area (Å²) < 4.78 is 7.51. The van der Waals surface area contributed by atoms with Crippen LogP contribution in [0.3, 0.4) is 0 Å². The molecule has 0 amide bonds. The van der Waals surface area contributed by atoms with E-state index in [0.29, 0.717) is 11.6 Å². The number of aromatic nitrogens is 1. The number of ether oxygens (including phenoxy) is 1. The maximum atomic E-state index is 9.08. The lowest BCUT2D eigenvalue weighted by atomic mass is 10.2. The number of aliphatic hydroxyl groups excluding tert-OH is 1. The van der Waals surface area contributed by atoms with Gasteiger partial charge in [0, 0.05) is 16.2 Å². The molecule has 1 aromatic carbocycles. The number of halogens is 2. The number of pyridine rings is 1. The van der Waals surface area contributed by atoms with E-state index in [1.807, 2.05) is 31.2 Å². The van der Waals surface area contributed by atoms with Crippen LogP contribution in [-0.4, -0.2) is 10.1 Å². The molecule has 1 N–H and O–H groups in total. The maximum absolute atomic E-state index is 9.08. The molecular formula is C13H11Br2NO2. The van der Waals surface area contributed by atoms with E-state index >= 15 is 0 Å². The topological polar surface area (TPSA) is 42.4 Å². The van der Waals surface area contributed by atoms with Gasteiger partial charge in [-0.05, 0) is 52.7 Å². The summed E-state index contributed by atoms with van der Waals surface area (Å²) in [6.07, 6.45) is 0. The first-order valence-electron chi connectivity index (χ1n) is 5.30. The third-order valence-electron chi connectivity index (χ3n) is 2.45. The Hall–Kier alpha value is -0.910. The van der Waals surface area contributed by atoms with Crippen LogP contribution in [0.4, 0.5) is 0 Å². The molecule has 0 spiro atoms. The van der Waals surface area contributed by atoms with Gasteiger partial charge < -0.3 is 9.84 Å². The van der Waals surface area contributed by atoms with E-state index in [1.165, 1.54) is 0 Å². The van der Waals surface area contributed by atoms with E-state index in [2.05, 4.69) is 36.8 Å². The molecule has 0 radical (unpaired) electrons. The minimum absolute atomic E-state index is 0.0128. The number of benzene rings is 1. The minimum Gasteiger partial charge on any atom is -0.438 e. The lowest BCUT2D eigenvalue weighted by Crippen LogP contribution is -1.95. The highest BCUT2D eigenvalue weighted by Gasteiger charge is 2.06. The molecule has 94 valence electrons. The van der Waals surface area contributed by atoms with Gasteiger partial charge in [-0.2, -0.15) is 0 Å². The summed E-state index contributed by atoms with van der Waals surface area (Å²) in [4.78, 5) is 4.29. The van der Waals surface area contributed by atoms with Crippen molar-refractivity contribution in [2.75, 3.05) is 0 Å². The van der Waals surface area contributed by atoms with Crippen molar-refractivity contribution in [1.82, 2.24) is 4.98 Å². The van der Waals surface area contributed by atoms with E-state index in [4.69, 9.17) is 9.84 Å². The Balaban J connectivity index is 2.26. The fourth-order valence-corrected chi connectivity index (χ4v) is 2.59. The lowest BCUT2D eigenvalue weighted by molar-refractivity contribution is 0.280. The zero-order valence-corrected chi connectivity index (χ0v) is 12.8. The second-order valence-electron chi connectivity index (χ2n) is 3.73. The Morgan fingerprint density at radius 1 is 1.22 bits per heavy atom. The Morgan fingerprint density at radius 3 is 2.61 bits per heavy atom. The summed E-state index contributed by atoms with van der Waals surface area (Å²) in [5.74, 6) is 1.20. The fourth-order valence-electron chi connectivity index (χ4n) is 1.46.